The van der Waals surface area contributed by atoms with E-state index in [-0.39, 0.29) is 24.9 Å². The summed E-state index contributed by atoms with van der Waals surface area (Å²) >= 11 is 0. The highest BCUT2D eigenvalue weighted by Gasteiger charge is 2.45. The molecular formula is C25H29NO5. The molecule has 6 heteroatoms. The van der Waals surface area contributed by atoms with Crippen LogP contribution in [0.4, 0.5) is 0 Å². The Labute approximate surface area is 183 Å². The van der Waals surface area contributed by atoms with Crippen LogP contribution in [0.1, 0.15) is 29.2 Å². The Morgan fingerprint density at radius 2 is 1.58 bits per heavy atom. The van der Waals surface area contributed by atoms with Crippen LogP contribution in [0.3, 0.4) is 0 Å². The largest absolute Gasteiger partial charge is 0.426 e. The second kappa shape index (κ2) is 9.04. The molecule has 1 aliphatic rings. The van der Waals surface area contributed by atoms with E-state index in [0.29, 0.717) is 5.57 Å². The molecule has 1 heterocycles. The number of esters is 1. The normalized spacial score (nSPS) is 18.3. The van der Waals surface area contributed by atoms with Crippen LogP contribution in [0.5, 0.6) is 0 Å². The molecule has 6 nitrogen and oxygen atoms in total. The van der Waals surface area contributed by atoms with Gasteiger partial charge in [0.15, 0.2) is 0 Å². The number of benzene rings is 2. The molecule has 1 amide bonds. The summed E-state index contributed by atoms with van der Waals surface area (Å²) in [6.45, 7) is 7.71. The van der Waals surface area contributed by atoms with Crippen LogP contribution in [0.2, 0.25) is 0 Å². The molecule has 3 rings (SSSR count). The summed E-state index contributed by atoms with van der Waals surface area (Å²) in [6, 6.07) is 12.4. The van der Waals surface area contributed by atoms with Crippen molar-refractivity contribution in [3.8, 4) is 11.1 Å². The Bertz CT molecular complexity index is 1020. The van der Waals surface area contributed by atoms with Gasteiger partial charge in [0.25, 0.3) is 5.91 Å². The zero-order valence-electron chi connectivity index (χ0n) is 18.9. The van der Waals surface area contributed by atoms with E-state index in [9.17, 15) is 9.59 Å². The summed E-state index contributed by atoms with van der Waals surface area (Å²) in [6.07, 6.45) is 0. The maximum absolute atomic E-state index is 13.1. The molecule has 0 saturated heterocycles. The number of amides is 1. The molecule has 0 saturated carbocycles. The van der Waals surface area contributed by atoms with Crippen LogP contribution in [-0.2, 0) is 23.8 Å². The Balaban J connectivity index is 2.15. The molecule has 0 aliphatic carbocycles. The van der Waals surface area contributed by atoms with Gasteiger partial charge in [-0.25, -0.2) is 4.79 Å². The van der Waals surface area contributed by atoms with Crippen LogP contribution in [0.15, 0.2) is 42.2 Å². The van der Waals surface area contributed by atoms with Crippen molar-refractivity contribution in [1.29, 1.82) is 0 Å². The average Bonchev–Trinajstić information content (AvgIpc) is 2.92. The third kappa shape index (κ3) is 4.55. The molecule has 2 aromatic carbocycles. The molecule has 0 fully saturated rings. The highest BCUT2D eigenvalue weighted by atomic mass is 16.6. The number of carbonyl (C=O) groups is 2. The molecule has 164 valence electrons. The molecule has 1 unspecified atom stereocenters. The standard InChI is InChI=1S/C25H29NO5/c1-15-7-9-18(10-8-15)19-11-16(2)21(17(3)12-19)22-23(31-20(27)13-29-5)25(4,14-30-6)26-24(22)28/h7-12H,13-14H2,1-6H3,(H,26,28). The lowest BCUT2D eigenvalue weighted by atomic mass is 9.89. The molecule has 0 aromatic heterocycles. The second-order valence-electron chi connectivity index (χ2n) is 8.18. The number of aryl methyl sites for hydroxylation is 3. The first kappa shape index (κ1) is 22.7. The van der Waals surface area contributed by atoms with Gasteiger partial charge in [-0.3, -0.25) is 4.79 Å². The van der Waals surface area contributed by atoms with Gasteiger partial charge < -0.3 is 19.5 Å². The molecule has 2 aromatic rings. The van der Waals surface area contributed by atoms with Gasteiger partial charge in [0.05, 0.1) is 12.2 Å². The minimum Gasteiger partial charge on any atom is -0.426 e. The lowest BCUT2D eigenvalue weighted by Crippen LogP contribution is -2.46. The van der Waals surface area contributed by atoms with Gasteiger partial charge >= 0.3 is 5.97 Å². The minimum absolute atomic E-state index is 0.164. The van der Waals surface area contributed by atoms with Crippen molar-refractivity contribution >= 4 is 17.4 Å². The molecule has 0 radical (unpaired) electrons. The first-order valence-electron chi connectivity index (χ1n) is 10.1. The van der Waals surface area contributed by atoms with Crippen LogP contribution in [0, 0.1) is 20.8 Å². The minimum atomic E-state index is -0.959. The van der Waals surface area contributed by atoms with Gasteiger partial charge in [0.1, 0.15) is 17.9 Å². The molecule has 1 N–H and O–H groups in total. The van der Waals surface area contributed by atoms with Gasteiger partial charge in [-0.1, -0.05) is 42.0 Å². The maximum atomic E-state index is 13.1. The summed E-state index contributed by atoms with van der Waals surface area (Å²) in [5, 5.41) is 2.93. The molecule has 0 spiro atoms. The van der Waals surface area contributed by atoms with Gasteiger partial charge in [-0.2, -0.15) is 0 Å². The number of carbonyl (C=O) groups excluding carboxylic acids is 2. The van der Waals surface area contributed by atoms with Gasteiger partial charge in [0, 0.05) is 14.2 Å². The van der Waals surface area contributed by atoms with E-state index in [0.717, 1.165) is 27.8 Å². The SMILES string of the molecule is COCC(=O)OC1=C(c2c(C)cc(-c3ccc(C)cc3)cc2C)C(=O)NC1(C)COC. The maximum Gasteiger partial charge on any atom is 0.337 e. The van der Waals surface area contributed by atoms with Crippen molar-refractivity contribution < 1.29 is 23.8 Å². The average molecular weight is 424 g/mol. The fraction of sp³-hybridized carbons (Fsp3) is 0.360. The smallest absolute Gasteiger partial charge is 0.337 e. The van der Waals surface area contributed by atoms with Crippen LogP contribution in [-0.4, -0.2) is 44.8 Å². The van der Waals surface area contributed by atoms with E-state index < -0.39 is 11.5 Å². The summed E-state index contributed by atoms with van der Waals surface area (Å²) in [5.41, 5.74) is 5.35. The number of hydrogen-bond donors (Lipinski definition) is 1. The number of nitrogens with one attached hydrogen (secondary N) is 1. The van der Waals surface area contributed by atoms with Crippen LogP contribution < -0.4 is 5.32 Å². The second-order valence-corrected chi connectivity index (χ2v) is 8.18. The lowest BCUT2D eigenvalue weighted by molar-refractivity contribution is -0.145. The van der Waals surface area contributed by atoms with E-state index in [1.165, 1.54) is 19.8 Å². The molecule has 31 heavy (non-hydrogen) atoms. The van der Waals surface area contributed by atoms with Crippen LogP contribution in [0.25, 0.3) is 16.7 Å². The van der Waals surface area contributed by atoms with E-state index in [2.05, 4.69) is 36.5 Å². The predicted octanol–water partition coefficient (Wildman–Crippen LogP) is 3.71. The summed E-state index contributed by atoms with van der Waals surface area (Å²) in [7, 11) is 2.96. The third-order valence-electron chi connectivity index (χ3n) is 5.42. The Hall–Kier alpha value is -2.96. The quantitative estimate of drug-likeness (QED) is 0.687. The van der Waals surface area contributed by atoms with Gasteiger partial charge in [-0.05, 0) is 55.5 Å². The van der Waals surface area contributed by atoms with Crippen molar-refractivity contribution in [2.45, 2.75) is 33.2 Å². The van der Waals surface area contributed by atoms with E-state index in [1.54, 1.807) is 6.92 Å². The number of ether oxygens (including phenoxy) is 3. The summed E-state index contributed by atoms with van der Waals surface area (Å²) in [4.78, 5) is 25.3. The van der Waals surface area contributed by atoms with Crippen LogP contribution >= 0.6 is 0 Å². The van der Waals surface area contributed by atoms with Crippen molar-refractivity contribution in [3.63, 3.8) is 0 Å². The molecule has 1 atom stereocenters. The fourth-order valence-corrected chi connectivity index (χ4v) is 4.06. The topological polar surface area (TPSA) is 73.9 Å². The first-order chi connectivity index (χ1) is 14.7. The van der Waals surface area contributed by atoms with E-state index in [4.69, 9.17) is 14.2 Å². The number of hydrogen-bond acceptors (Lipinski definition) is 5. The zero-order chi connectivity index (χ0) is 22.8. The van der Waals surface area contributed by atoms with E-state index >= 15 is 0 Å². The molecule has 0 bridgehead atoms. The van der Waals surface area contributed by atoms with Gasteiger partial charge in [0.2, 0.25) is 0 Å². The first-order valence-corrected chi connectivity index (χ1v) is 10.1. The monoisotopic (exact) mass is 423 g/mol. The third-order valence-corrected chi connectivity index (χ3v) is 5.42. The predicted molar refractivity (Wildman–Crippen MR) is 119 cm³/mol. The lowest BCUT2D eigenvalue weighted by Gasteiger charge is -2.26. The van der Waals surface area contributed by atoms with Crippen molar-refractivity contribution in [1.82, 2.24) is 5.32 Å². The fourth-order valence-electron chi connectivity index (χ4n) is 4.06. The van der Waals surface area contributed by atoms with E-state index in [1.807, 2.05) is 26.0 Å². The van der Waals surface area contributed by atoms with Crippen molar-refractivity contribution in [2.75, 3.05) is 27.4 Å². The Kier molecular flexibility index (Phi) is 6.62. The Morgan fingerprint density at radius 1 is 0.968 bits per heavy atom. The van der Waals surface area contributed by atoms with Gasteiger partial charge in [-0.15, -0.1) is 0 Å². The molecule has 1 aliphatic heterocycles. The Morgan fingerprint density at radius 3 is 2.13 bits per heavy atom. The summed E-state index contributed by atoms with van der Waals surface area (Å²) in [5.74, 6) is -0.606. The number of methoxy groups -OCH3 is 2. The van der Waals surface area contributed by atoms with Crippen molar-refractivity contribution in [2.24, 2.45) is 0 Å². The zero-order valence-corrected chi connectivity index (χ0v) is 18.9. The summed E-state index contributed by atoms with van der Waals surface area (Å²) < 4.78 is 15.9. The van der Waals surface area contributed by atoms with Crippen molar-refractivity contribution in [3.05, 3.63) is 64.4 Å². The highest BCUT2D eigenvalue weighted by molar-refractivity contribution is 6.24. The number of rotatable bonds is 7. The molecular weight excluding hydrogens is 394 g/mol. The highest BCUT2D eigenvalue weighted by Crippen LogP contribution is 2.38.